The van der Waals surface area contributed by atoms with Gasteiger partial charge in [-0.2, -0.15) is 0 Å². The predicted molar refractivity (Wildman–Crippen MR) is 101 cm³/mol. The lowest BCUT2D eigenvalue weighted by Crippen LogP contribution is -2.53. The summed E-state index contributed by atoms with van der Waals surface area (Å²) in [6.07, 6.45) is 2.05. The van der Waals surface area contributed by atoms with E-state index in [0.717, 1.165) is 5.69 Å². The third-order valence-corrected chi connectivity index (χ3v) is 5.07. The maximum Gasteiger partial charge on any atom is 0.328 e. The molecule has 1 aromatic carbocycles. The summed E-state index contributed by atoms with van der Waals surface area (Å²) in [5.41, 5.74) is 1.64. The molecule has 0 aliphatic carbocycles. The van der Waals surface area contributed by atoms with Gasteiger partial charge >= 0.3 is 12.0 Å². The third-order valence-electron chi connectivity index (χ3n) is 4.84. The molecule has 28 heavy (non-hydrogen) atoms. The van der Waals surface area contributed by atoms with Gasteiger partial charge in [0.05, 0.1) is 19.1 Å². The molecule has 0 unspecified atom stereocenters. The number of fused-ring (bicyclic) bond motifs is 1. The monoisotopic (exact) mass is 408 g/mol. The first-order valence-corrected chi connectivity index (χ1v) is 9.33. The van der Waals surface area contributed by atoms with E-state index in [0.29, 0.717) is 23.7 Å². The van der Waals surface area contributed by atoms with Gasteiger partial charge in [0, 0.05) is 29.2 Å². The fourth-order valence-electron chi connectivity index (χ4n) is 3.38. The standard InChI is InChI=1S/C19H22ClFN4O3/c1-10(2)15(18(26)28-3)24-19(27)25-7-6-14-16(23-9-22-14)17(25)12-8-11(20)4-5-13(12)21/h4-5,8-10,15,17H,6-7H2,1-3H3,(H,22,23)(H,24,27)/t15-,17+/m1/s1. The number of carbonyl (C=O) groups is 2. The third kappa shape index (κ3) is 3.82. The number of H-pyrrole nitrogens is 1. The second-order valence-electron chi connectivity index (χ2n) is 6.97. The molecule has 2 heterocycles. The second kappa shape index (κ2) is 8.18. The van der Waals surface area contributed by atoms with Crippen LogP contribution in [0.2, 0.25) is 5.02 Å². The summed E-state index contributed by atoms with van der Waals surface area (Å²) in [6.45, 7) is 3.93. The Morgan fingerprint density at radius 2 is 2.18 bits per heavy atom. The Morgan fingerprint density at radius 1 is 1.43 bits per heavy atom. The Morgan fingerprint density at radius 3 is 2.86 bits per heavy atom. The average molecular weight is 409 g/mol. The summed E-state index contributed by atoms with van der Waals surface area (Å²) >= 11 is 6.08. The van der Waals surface area contributed by atoms with Crippen LogP contribution in [0.25, 0.3) is 0 Å². The van der Waals surface area contributed by atoms with Crippen molar-refractivity contribution in [2.45, 2.75) is 32.4 Å². The minimum Gasteiger partial charge on any atom is -0.467 e. The van der Waals surface area contributed by atoms with Crippen LogP contribution in [0.4, 0.5) is 9.18 Å². The number of urea groups is 1. The number of esters is 1. The van der Waals surface area contributed by atoms with Gasteiger partial charge in [-0.15, -0.1) is 0 Å². The van der Waals surface area contributed by atoms with Crippen molar-refractivity contribution < 1.29 is 18.7 Å². The number of benzene rings is 1. The second-order valence-corrected chi connectivity index (χ2v) is 7.41. The van der Waals surface area contributed by atoms with E-state index in [9.17, 15) is 14.0 Å². The summed E-state index contributed by atoms with van der Waals surface area (Å²) in [7, 11) is 1.27. The van der Waals surface area contributed by atoms with Crippen molar-refractivity contribution in [1.29, 1.82) is 0 Å². The van der Waals surface area contributed by atoms with Crippen LogP contribution in [0.15, 0.2) is 24.5 Å². The molecule has 1 aliphatic heterocycles. The predicted octanol–water partition coefficient (Wildman–Crippen LogP) is 3.06. The first kappa shape index (κ1) is 20.1. The van der Waals surface area contributed by atoms with Crippen molar-refractivity contribution in [1.82, 2.24) is 20.2 Å². The molecular formula is C19H22ClFN4O3. The number of amides is 2. The number of aromatic amines is 1. The molecule has 1 aliphatic rings. The van der Waals surface area contributed by atoms with E-state index in [1.807, 2.05) is 0 Å². The van der Waals surface area contributed by atoms with E-state index in [-0.39, 0.29) is 11.5 Å². The SMILES string of the molecule is COC(=O)[C@H](NC(=O)N1CCc2[nH]cnc2[C@@H]1c1cc(Cl)ccc1F)C(C)C. The van der Waals surface area contributed by atoms with Crippen molar-refractivity contribution in [2.24, 2.45) is 5.92 Å². The molecule has 0 saturated carbocycles. The maximum absolute atomic E-state index is 14.6. The van der Waals surface area contributed by atoms with Gasteiger partial charge in [0.25, 0.3) is 0 Å². The van der Waals surface area contributed by atoms with Gasteiger partial charge in [-0.05, 0) is 24.1 Å². The van der Waals surface area contributed by atoms with Gasteiger partial charge in [-0.3, -0.25) is 0 Å². The smallest absolute Gasteiger partial charge is 0.328 e. The number of ether oxygens (including phenoxy) is 1. The van der Waals surface area contributed by atoms with Gasteiger partial charge < -0.3 is 19.9 Å². The highest BCUT2D eigenvalue weighted by molar-refractivity contribution is 6.30. The number of carbonyl (C=O) groups excluding carboxylic acids is 2. The molecule has 0 saturated heterocycles. The van der Waals surface area contributed by atoms with Crippen LogP contribution in [-0.2, 0) is 16.0 Å². The number of rotatable bonds is 4. The van der Waals surface area contributed by atoms with Gasteiger partial charge in [0.2, 0.25) is 0 Å². The highest BCUT2D eigenvalue weighted by Gasteiger charge is 2.37. The lowest BCUT2D eigenvalue weighted by Gasteiger charge is -2.36. The quantitative estimate of drug-likeness (QED) is 0.761. The highest BCUT2D eigenvalue weighted by atomic mass is 35.5. The zero-order valence-electron chi connectivity index (χ0n) is 15.8. The number of hydrogen-bond donors (Lipinski definition) is 2. The molecule has 0 radical (unpaired) electrons. The van der Waals surface area contributed by atoms with E-state index >= 15 is 0 Å². The van der Waals surface area contributed by atoms with Gasteiger partial charge in [-0.25, -0.2) is 19.0 Å². The van der Waals surface area contributed by atoms with Crippen molar-refractivity contribution in [3.8, 4) is 0 Å². The normalized spacial score (nSPS) is 17.2. The van der Waals surface area contributed by atoms with Crippen LogP contribution in [-0.4, -0.2) is 46.6 Å². The molecule has 7 nitrogen and oxygen atoms in total. The minimum atomic E-state index is -0.817. The van der Waals surface area contributed by atoms with Crippen molar-refractivity contribution >= 4 is 23.6 Å². The molecule has 2 aromatic rings. The highest BCUT2D eigenvalue weighted by Crippen LogP contribution is 2.35. The van der Waals surface area contributed by atoms with Crippen LogP contribution in [0.5, 0.6) is 0 Å². The van der Waals surface area contributed by atoms with E-state index in [4.69, 9.17) is 16.3 Å². The van der Waals surface area contributed by atoms with Gasteiger partial charge in [-0.1, -0.05) is 25.4 Å². The summed E-state index contributed by atoms with van der Waals surface area (Å²) in [5, 5.41) is 3.07. The van der Waals surface area contributed by atoms with Crippen LogP contribution >= 0.6 is 11.6 Å². The first-order valence-electron chi connectivity index (χ1n) is 8.95. The lowest BCUT2D eigenvalue weighted by atomic mass is 9.95. The number of halogens is 2. The maximum atomic E-state index is 14.6. The van der Waals surface area contributed by atoms with Crippen LogP contribution in [0.1, 0.15) is 36.8 Å². The summed E-state index contributed by atoms with van der Waals surface area (Å²) in [4.78, 5) is 33.9. The van der Waals surface area contributed by atoms with Gasteiger partial charge in [0.1, 0.15) is 17.9 Å². The number of methoxy groups -OCH3 is 1. The van der Waals surface area contributed by atoms with Crippen LogP contribution in [0.3, 0.4) is 0 Å². The summed E-state index contributed by atoms with van der Waals surface area (Å²) in [6, 6.07) is 2.13. The number of nitrogens with one attached hydrogen (secondary N) is 2. The Hall–Kier alpha value is -2.61. The van der Waals surface area contributed by atoms with E-state index in [2.05, 4.69) is 15.3 Å². The van der Waals surface area contributed by atoms with Crippen LogP contribution in [0, 0.1) is 11.7 Å². The minimum absolute atomic E-state index is 0.177. The van der Waals surface area contributed by atoms with E-state index in [1.54, 1.807) is 13.8 Å². The molecule has 0 bridgehead atoms. The zero-order chi connectivity index (χ0) is 20.4. The topological polar surface area (TPSA) is 87.3 Å². The van der Waals surface area contributed by atoms with Crippen LogP contribution < -0.4 is 5.32 Å². The van der Waals surface area contributed by atoms with Crippen molar-refractivity contribution in [3.05, 3.63) is 52.3 Å². The molecule has 2 amide bonds. The number of aromatic nitrogens is 2. The number of imidazole rings is 1. The molecule has 150 valence electrons. The van der Waals surface area contributed by atoms with E-state index < -0.39 is 29.9 Å². The Balaban J connectivity index is 1.98. The molecular weight excluding hydrogens is 387 g/mol. The Bertz CT molecular complexity index is 886. The largest absolute Gasteiger partial charge is 0.467 e. The van der Waals surface area contributed by atoms with Crippen molar-refractivity contribution in [3.63, 3.8) is 0 Å². The summed E-state index contributed by atoms with van der Waals surface area (Å²) < 4.78 is 19.4. The molecule has 2 N–H and O–H groups in total. The number of hydrogen-bond acceptors (Lipinski definition) is 4. The molecule has 2 atom stereocenters. The fourth-order valence-corrected chi connectivity index (χ4v) is 3.56. The van der Waals surface area contributed by atoms with Gasteiger partial charge in [0.15, 0.2) is 0 Å². The summed E-state index contributed by atoms with van der Waals surface area (Å²) in [5.74, 6) is -1.20. The molecule has 9 heteroatoms. The molecule has 3 rings (SSSR count). The Kier molecular flexibility index (Phi) is 5.88. The zero-order valence-corrected chi connectivity index (χ0v) is 16.6. The molecule has 1 aromatic heterocycles. The average Bonchev–Trinajstić information content (AvgIpc) is 3.15. The molecule has 0 spiro atoms. The van der Waals surface area contributed by atoms with E-state index in [1.165, 1.54) is 36.5 Å². The first-order chi connectivity index (χ1) is 13.3. The van der Waals surface area contributed by atoms with Crippen molar-refractivity contribution in [2.75, 3.05) is 13.7 Å². The number of nitrogens with zero attached hydrogens (tertiary/aromatic N) is 2. The molecule has 0 fully saturated rings. The fraction of sp³-hybridized carbons (Fsp3) is 0.421. The lowest BCUT2D eigenvalue weighted by molar-refractivity contribution is -0.144. The Labute approximate surface area is 167 Å².